The molecule has 0 aromatic heterocycles. The van der Waals surface area contributed by atoms with Crippen LogP contribution in [0.1, 0.15) is 39.5 Å². The third kappa shape index (κ3) is 9.11. The van der Waals surface area contributed by atoms with Crippen molar-refractivity contribution in [3.05, 3.63) is 0 Å². The molecule has 0 bridgehead atoms. The van der Waals surface area contributed by atoms with Gasteiger partial charge in [-0.15, -0.1) is 0 Å². The average Bonchev–Trinajstić information content (AvgIpc) is 2.29. The van der Waals surface area contributed by atoms with E-state index in [-0.39, 0.29) is 18.1 Å². The molecule has 1 atom stereocenters. The standard InChI is InChI=1S/C13H26N2O2/c1-13(2,11-14)7-4-5-8-15-12(6-9-16)10-17-3/h12,15-16H,4-10H2,1-3H3. The fourth-order valence-electron chi connectivity index (χ4n) is 1.66. The summed E-state index contributed by atoms with van der Waals surface area (Å²) >= 11 is 0. The summed E-state index contributed by atoms with van der Waals surface area (Å²) in [6, 6.07) is 2.54. The molecule has 0 saturated heterocycles. The van der Waals surface area contributed by atoms with Gasteiger partial charge in [0.1, 0.15) is 0 Å². The number of nitrogens with zero attached hydrogens (tertiary/aromatic N) is 1. The molecule has 1 unspecified atom stereocenters. The second-order valence-electron chi connectivity index (χ2n) is 5.07. The van der Waals surface area contributed by atoms with Gasteiger partial charge in [0.25, 0.3) is 0 Å². The number of nitriles is 1. The Balaban J connectivity index is 3.58. The van der Waals surface area contributed by atoms with Crippen LogP contribution in [0, 0.1) is 16.7 Å². The SMILES string of the molecule is COCC(CCO)NCCCCC(C)(C)C#N. The molecule has 2 N–H and O–H groups in total. The van der Waals surface area contributed by atoms with E-state index < -0.39 is 0 Å². The van der Waals surface area contributed by atoms with Crippen LogP contribution in [0.3, 0.4) is 0 Å². The lowest BCUT2D eigenvalue weighted by molar-refractivity contribution is 0.148. The highest BCUT2D eigenvalue weighted by Crippen LogP contribution is 2.21. The van der Waals surface area contributed by atoms with E-state index in [1.807, 2.05) is 13.8 Å². The lowest BCUT2D eigenvalue weighted by atomic mass is 9.89. The van der Waals surface area contributed by atoms with Crippen LogP contribution < -0.4 is 5.32 Å². The lowest BCUT2D eigenvalue weighted by Crippen LogP contribution is -2.34. The summed E-state index contributed by atoms with van der Waals surface area (Å²) in [6.07, 6.45) is 3.75. The van der Waals surface area contributed by atoms with Crippen LogP contribution in [0.15, 0.2) is 0 Å². The zero-order valence-electron chi connectivity index (χ0n) is 11.3. The molecule has 0 aliphatic carbocycles. The molecule has 4 heteroatoms. The maximum atomic E-state index is 8.87. The van der Waals surface area contributed by atoms with Crippen LogP contribution in [0.4, 0.5) is 0 Å². The Morgan fingerprint density at radius 1 is 1.41 bits per heavy atom. The fourth-order valence-corrected chi connectivity index (χ4v) is 1.66. The largest absolute Gasteiger partial charge is 0.396 e. The molecule has 0 aromatic rings. The summed E-state index contributed by atoms with van der Waals surface area (Å²) in [7, 11) is 1.67. The van der Waals surface area contributed by atoms with Crippen LogP contribution in [0.25, 0.3) is 0 Å². The normalized spacial score (nSPS) is 13.4. The van der Waals surface area contributed by atoms with E-state index in [0.717, 1.165) is 32.2 Å². The Labute approximate surface area is 105 Å². The first-order chi connectivity index (χ1) is 8.05. The minimum absolute atomic E-state index is 0.183. The van der Waals surface area contributed by atoms with E-state index in [1.54, 1.807) is 7.11 Å². The molecule has 0 aliphatic heterocycles. The van der Waals surface area contributed by atoms with Gasteiger partial charge in [-0.3, -0.25) is 0 Å². The molecule has 0 aliphatic rings. The van der Waals surface area contributed by atoms with E-state index in [9.17, 15) is 0 Å². The minimum Gasteiger partial charge on any atom is -0.396 e. The molecule has 0 radical (unpaired) electrons. The van der Waals surface area contributed by atoms with Crippen molar-refractivity contribution in [2.24, 2.45) is 5.41 Å². The van der Waals surface area contributed by atoms with Crippen molar-refractivity contribution >= 4 is 0 Å². The van der Waals surface area contributed by atoms with Gasteiger partial charge in [0.2, 0.25) is 0 Å². The van der Waals surface area contributed by atoms with Crippen molar-refractivity contribution in [1.82, 2.24) is 5.32 Å². The van der Waals surface area contributed by atoms with Crippen molar-refractivity contribution in [1.29, 1.82) is 5.26 Å². The van der Waals surface area contributed by atoms with E-state index in [0.29, 0.717) is 6.61 Å². The van der Waals surface area contributed by atoms with Crippen molar-refractivity contribution in [3.63, 3.8) is 0 Å². The predicted octanol–water partition coefficient (Wildman–Crippen LogP) is 1.69. The van der Waals surface area contributed by atoms with Gasteiger partial charge in [0.05, 0.1) is 18.1 Å². The second kappa shape index (κ2) is 9.41. The molecule has 0 heterocycles. The van der Waals surface area contributed by atoms with Crippen LogP contribution in [0.2, 0.25) is 0 Å². The molecule has 0 amide bonds. The maximum Gasteiger partial charge on any atom is 0.0683 e. The molecule has 100 valence electrons. The van der Waals surface area contributed by atoms with E-state index in [2.05, 4.69) is 11.4 Å². The Morgan fingerprint density at radius 2 is 2.12 bits per heavy atom. The molecular formula is C13H26N2O2. The highest BCUT2D eigenvalue weighted by atomic mass is 16.5. The highest BCUT2D eigenvalue weighted by molar-refractivity contribution is 4.91. The number of rotatable bonds is 10. The molecule has 0 spiro atoms. The summed E-state index contributed by atoms with van der Waals surface area (Å²) in [5, 5.41) is 21.1. The smallest absolute Gasteiger partial charge is 0.0683 e. The highest BCUT2D eigenvalue weighted by Gasteiger charge is 2.15. The predicted molar refractivity (Wildman–Crippen MR) is 68.6 cm³/mol. The van der Waals surface area contributed by atoms with Gasteiger partial charge < -0.3 is 15.2 Å². The van der Waals surface area contributed by atoms with Gasteiger partial charge in [-0.1, -0.05) is 6.42 Å². The molecule has 17 heavy (non-hydrogen) atoms. The van der Waals surface area contributed by atoms with Gasteiger partial charge in [-0.05, 0) is 39.7 Å². The number of methoxy groups -OCH3 is 1. The molecule has 0 fully saturated rings. The number of hydrogen-bond donors (Lipinski definition) is 2. The van der Waals surface area contributed by atoms with Crippen molar-refractivity contribution in [3.8, 4) is 6.07 Å². The van der Waals surface area contributed by atoms with Gasteiger partial charge in [0, 0.05) is 19.8 Å². The number of hydrogen-bond acceptors (Lipinski definition) is 4. The first-order valence-electron chi connectivity index (χ1n) is 6.30. The number of nitrogens with one attached hydrogen (secondary N) is 1. The van der Waals surface area contributed by atoms with E-state index in [4.69, 9.17) is 15.1 Å². The first-order valence-corrected chi connectivity index (χ1v) is 6.30. The number of aliphatic hydroxyl groups excluding tert-OH is 1. The summed E-state index contributed by atoms with van der Waals surface area (Å²) < 4.78 is 5.07. The van der Waals surface area contributed by atoms with Crippen molar-refractivity contribution in [2.75, 3.05) is 26.9 Å². The van der Waals surface area contributed by atoms with Gasteiger partial charge >= 0.3 is 0 Å². The molecule has 0 aromatic carbocycles. The second-order valence-corrected chi connectivity index (χ2v) is 5.07. The quantitative estimate of drug-likeness (QED) is 0.572. The topological polar surface area (TPSA) is 65.3 Å². The van der Waals surface area contributed by atoms with Crippen molar-refractivity contribution in [2.45, 2.75) is 45.6 Å². The van der Waals surface area contributed by atoms with Gasteiger partial charge in [-0.2, -0.15) is 5.26 Å². The zero-order valence-corrected chi connectivity index (χ0v) is 11.3. The van der Waals surface area contributed by atoms with E-state index >= 15 is 0 Å². The number of ether oxygens (including phenoxy) is 1. The minimum atomic E-state index is -0.211. The zero-order chi connectivity index (χ0) is 13.1. The first kappa shape index (κ1) is 16.4. The maximum absolute atomic E-state index is 8.87. The Bertz CT molecular complexity index is 218. The van der Waals surface area contributed by atoms with Crippen LogP contribution in [-0.2, 0) is 4.74 Å². The van der Waals surface area contributed by atoms with Gasteiger partial charge in [0.15, 0.2) is 0 Å². The summed E-state index contributed by atoms with van der Waals surface area (Å²) in [6.45, 7) is 5.67. The summed E-state index contributed by atoms with van der Waals surface area (Å²) in [5.74, 6) is 0. The number of unbranched alkanes of at least 4 members (excludes halogenated alkanes) is 1. The molecule has 4 nitrogen and oxygen atoms in total. The van der Waals surface area contributed by atoms with Crippen LogP contribution >= 0.6 is 0 Å². The third-order valence-electron chi connectivity index (χ3n) is 2.81. The number of aliphatic hydroxyl groups is 1. The lowest BCUT2D eigenvalue weighted by Gasteiger charge is -2.18. The average molecular weight is 242 g/mol. The molecular weight excluding hydrogens is 216 g/mol. The Hall–Kier alpha value is -0.630. The summed E-state index contributed by atoms with van der Waals surface area (Å²) in [5.41, 5.74) is -0.211. The Kier molecular flexibility index (Phi) is 9.06. The van der Waals surface area contributed by atoms with Crippen molar-refractivity contribution < 1.29 is 9.84 Å². The summed E-state index contributed by atoms with van der Waals surface area (Å²) in [4.78, 5) is 0. The monoisotopic (exact) mass is 242 g/mol. The third-order valence-corrected chi connectivity index (χ3v) is 2.81. The fraction of sp³-hybridized carbons (Fsp3) is 0.923. The van der Waals surface area contributed by atoms with Crippen LogP contribution in [0.5, 0.6) is 0 Å². The molecule has 0 rings (SSSR count). The van der Waals surface area contributed by atoms with Crippen LogP contribution in [-0.4, -0.2) is 38.0 Å². The molecule has 0 saturated carbocycles. The Morgan fingerprint density at radius 3 is 2.65 bits per heavy atom. The van der Waals surface area contributed by atoms with E-state index in [1.165, 1.54) is 0 Å². The van der Waals surface area contributed by atoms with Gasteiger partial charge in [-0.25, -0.2) is 0 Å².